The molecular formula is C17H22ClNO3. The molecule has 2 fully saturated rings. The highest BCUT2D eigenvalue weighted by molar-refractivity contribution is 6.30. The Labute approximate surface area is 136 Å². The molecule has 0 N–H and O–H groups in total. The number of rotatable bonds is 3. The van der Waals surface area contributed by atoms with Gasteiger partial charge in [-0.15, -0.1) is 0 Å². The molecule has 0 saturated carbocycles. The van der Waals surface area contributed by atoms with Crippen LogP contribution in [0.5, 0.6) is 0 Å². The van der Waals surface area contributed by atoms with Crippen molar-refractivity contribution in [3.8, 4) is 0 Å². The smallest absolute Gasteiger partial charge is 0.253 e. The fourth-order valence-electron chi connectivity index (χ4n) is 3.77. The van der Waals surface area contributed by atoms with Crippen molar-refractivity contribution in [3.63, 3.8) is 0 Å². The van der Waals surface area contributed by atoms with Crippen molar-refractivity contribution in [2.24, 2.45) is 11.3 Å². The highest BCUT2D eigenvalue weighted by atomic mass is 35.5. The van der Waals surface area contributed by atoms with Crippen LogP contribution in [0, 0.1) is 11.3 Å². The largest absolute Gasteiger partial charge is 0.384 e. The van der Waals surface area contributed by atoms with E-state index in [-0.39, 0.29) is 11.3 Å². The topological polar surface area (TPSA) is 38.8 Å². The number of benzene rings is 1. The normalized spacial score (nSPS) is 23.9. The molecule has 2 heterocycles. The van der Waals surface area contributed by atoms with Crippen LogP contribution in [0.2, 0.25) is 5.02 Å². The van der Waals surface area contributed by atoms with Crippen LogP contribution in [0.3, 0.4) is 0 Å². The number of carbonyl (C=O) groups excluding carboxylic acids is 1. The minimum atomic E-state index is 0.0620. The van der Waals surface area contributed by atoms with Gasteiger partial charge in [0.15, 0.2) is 0 Å². The van der Waals surface area contributed by atoms with E-state index in [1.54, 1.807) is 19.2 Å². The molecule has 22 heavy (non-hydrogen) atoms. The maximum Gasteiger partial charge on any atom is 0.253 e. The first-order valence-corrected chi connectivity index (χ1v) is 8.14. The zero-order valence-corrected chi connectivity index (χ0v) is 13.6. The first-order chi connectivity index (χ1) is 10.6. The van der Waals surface area contributed by atoms with Gasteiger partial charge in [-0.2, -0.15) is 0 Å². The van der Waals surface area contributed by atoms with E-state index in [0.29, 0.717) is 23.1 Å². The molecule has 0 bridgehead atoms. The summed E-state index contributed by atoms with van der Waals surface area (Å²) >= 11 is 6.01. The summed E-state index contributed by atoms with van der Waals surface area (Å²) in [6, 6.07) is 7.18. The second kappa shape index (κ2) is 6.57. The van der Waals surface area contributed by atoms with Crippen LogP contribution in [0.25, 0.3) is 0 Å². The summed E-state index contributed by atoms with van der Waals surface area (Å²) in [7, 11) is 1.73. The minimum absolute atomic E-state index is 0.0620. The molecule has 0 unspecified atom stereocenters. The second-order valence-electron chi connectivity index (χ2n) is 6.32. The number of likely N-dealkylation sites (tertiary alicyclic amines) is 1. The van der Waals surface area contributed by atoms with Crippen LogP contribution in [-0.2, 0) is 9.47 Å². The van der Waals surface area contributed by atoms with Gasteiger partial charge in [0, 0.05) is 49.9 Å². The Morgan fingerprint density at radius 3 is 2.91 bits per heavy atom. The third kappa shape index (κ3) is 3.00. The second-order valence-corrected chi connectivity index (χ2v) is 6.76. The first-order valence-electron chi connectivity index (χ1n) is 7.76. The van der Waals surface area contributed by atoms with Gasteiger partial charge in [-0.05, 0) is 36.5 Å². The zero-order chi connectivity index (χ0) is 15.6. The van der Waals surface area contributed by atoms with Crippen LogP contribution >= 0.6 is 11.6 Å². The first kappa shape index (κ1) is 15.8. The molecule has 5 heteroatoms. The number of carbonyl (C=O) groups is 1. The van der Waals surface area contributed by atoms with Gasteiger partial charge in [-0.1, -0.05) is 17.7 Å². The molecule has 4 nitrogen and oxygen atoms in total. The molecule has 2 saturated heterocycles. The Morgan fingerprint density at radius 2 is 2.23 bits per heavy atom. The van der Waals surface area contributed by atoms with Crippen molar-refractivity contribution < 1.29 is 14.3 Å². The van der Waals surface area contributed by atoms with Gasteiger partial charge in [-0.25, -0.2) is 0 Å². The number of halogens is 1. The van der Waals surface area contributed by atoms with E-state index in [1.807, 2.05) is 17.0 Å². The van der Waals surface area contributed by atoms with Crippen molar-refractivity contribution in [3.05, 3.63) is 34.9 Å². The lowest BCUT2D eigenvalue weighted by Gasteiger charge is -2.37. The Bertz CT molecular complexity index is 542. The lowest BCUT2D eigenvalue weighted by Crippen LogP contribution is -2.39. The van der Waals surface area contributed by atoms with Gasteiger partial charge < -0.3 is 14.4 Å². The molecule has 3 rings (SSSR count). The molecule has 1 spiro atoms. The van der Waals surface area contributed by atoms with E-state index in [1.165, 1.54) is 0 Å². The van der Waals surface area contributed by atoms with Gasteiger partial charge in [0.25, 0.3) is 5.91 Å². The molecule has 0 radical (unpaired) electrons. The Kier molecular flexibility index (Phi) is 4.71. The average molecular weight is 324 g/mol. The predicted molar refractivity (Wildman–Crippen MR) is 85.2 cm³/mol. The third-order valence-corrected chi connectivity index (χ3v) is 5.26. The lowest BCUT2D eigenvalue weighted by atomic mass is 9.72. The van der Waals surface area contributed by atoms with Gasteiger partial charge in [0.1, 0.15) is 0 Å². The lowest BCUT2D eigenvalue weighted by molar-refractivity contribution is -0.0169. The summed E-state index contributed by atoms with van der Waals surface area (Å²) in [5.41, 5.74) is 0.801. The highest BCUT2D eigenvalue weighted by Gasteiger charge is 2.48. The monoisotopic (exact) mass is 323 g/mol. The Morgan fingerprint density at radius 1 is 1.45 bits per heavy atom. The molecule has 0 aromatic heterocycles. The fraction of sp³-hybridized carbons (Fsp3) is 0.588. The summed E-state index contributed by atoms with van der Waals surface area (Å²) < 4.78 is 10.9. The summed E-state index contributed by atoms with van der Waals surface area (Å²) in [6.45, 7) is 3.78. The van der Waals surface area contributed by atoms with E-state index in [4.69, 9.17) is 21.1 Å². The maximum absolute atomic E-state index is 12.8. The standard InChI is InChI=1S/C17H22ClNO3/c1-21-11-14-10-19(12-17(14)5-7-22-8-6-17)16(20)13-3-2-4-15(18)9-13/h2-4,9,14H,5-8,10-12H2,1H3/t14-/m1/s1. The average Bonchev–Trinajstić information content (AvgIpc) is 2.86. The zero-order valence-electron chi connectivity index (χ0n) is 12.9. The Hall–Kier alpha value is -1.10. The Balaban J connectivity index is 1.79. The SMILES string of the molecule is COC[C@H]1CN(C(=O)c2cccc(Cl)c2)CC12CCOCC2. The van der Waals surface area contributed by atoms with Gasteiger partial charge in [0.05, 0.1) is 6.61 Å². The summed E-state index contributed by atoms with van der Waals surface area (Å²) in [5.74, 6) is 0.441. The van der Waals surface area contributed by atoms with Crippen LogP contribution in [-0.4, -0.2) is 50.8 Å². The van der Waals surface area contributed by atoms with Crippen molar-refractivity contribution in [1.29, 1.82) is 0 Å². The van der Waals surface area contributed by atoms with Gasteiger partial charge in [-0.3, -0.25) is 4.79 Å². The molecule has 2 aliphatic heterocycles. The van der Waals surface area contributed by atoms with E-state index < -0.39 is 0 Å². The highest BCUT2D eigenvalue weighted by Crippen LogP contribution is 2.44. The number of hydrogen-bond acceptors (Lipinski definition) is 3. The van der Waals surface area contributed by atoms with Gasteiger partial charge >= 0.3 is 0 Å². The van der Waals surface area contributed by atoms with E-state index >= 15 is 0 Å². The van der Waals surface area contributed by atoms with Crippen molar-refractivity contribution in [2.45, 2.75) is 12.8 Å². The van der Waals surface area contributed by atoms with Crippen LogP contribution in [0.15, 0.2) is 24.3 Å². The molecule has 1 atom stereocenters. The number of ether oxygens (including phenoxy) is 2. The summed E-state index contributed by atoms with van der Waals surface area (Å²) in [4.78, 5) is 14.7. The summed E-state index contributed by atoms with van der Waals surface area (Å²) in [6.07, 6.45) is 2.00. The third-order valence-electron chi connectivity index (χ3n) is 5.03. The summed E-state index contributed by atoms with van der Waals surface area (Å²) in [5, 5.41) is 0.597. The molecule has 1 aromatic carbocycles. The predicted octanol–water partition coefficient (Wildman–Crippen LogP) is 2.86. The van der Waals surface area contributed by atoms with Crippen molar-refractivity contribution in [1.82, 2.24) is 4.90 Å². The van der Waals surface area contributed by atoms with Crippen LogP contribution in [0.4, 0.5) is 0 Å². The molecular weight excluding hydrogens is 302 g/mol. The molecule has 1 amide bonds. The molecule has 0 aliphatic carbocycles. The van der Waals surface area contributed by atoms with Crippen LogP contribution < -0.4 is 0 Å². The van der Waals surface area contributed by atoms with Gasteiger partial charge in [0.2, 0.25) is 0 Å². The van der Waals surface area contributed by atoms with Crippen molar-refractivity contribution in [2.75, 3.05) is 40.0 Å². The molecule has 1 aromatic rings. The quantitative estimate of drug-likeness (QED) is 0.858. The fourth-order valence-corrected chi connectivity index (χ4v) is 3.96. The van der Waals surface area contributed by atoms with Crippen LogP contribution in [0.1, 0.15) is 23.2 Å². The minimum Gasteiger partial charge on any atom is -0.384 e. The molecule has 2 aliphatic rings. The molecule has 120 valence electrons. The van der Waals surface area contributed by atoms with E-state index in [9.17, 15) is 4.79 Å². The van der Waals surface area contributed by atoms with Crippen molar-refractivity contribution >= 4 is 17.5 Å². The number of hydrogen-bond donors (Lipinski definition) is 0. The number of nitrogens with zero attached hydrogens (tertiary/aromatic N) is 1. The number of methoxy groups -OCH3 is 1. The van der Waals surface area contributed by atoms with E-state index in [2.05, 4.69) is 0 Å². The van der Waals surface area contributed by atoms with E-state index in [0.717, 1.165) is 39.1 Å². The maximum atomic E-state index is 12.8. The number of amides is 1.